The molecule has 1 aromatic heterocycles. The normalized spacial score (nSPS) is 13.6. The number of nitrogens with one attached hydrogen (secondary N) is 1. The van der Waals surface area contributed by atoms with Crippen molar-refractivity contribution in [3.05, 3.63) is 27.5 Å². The first kappa shape index (κ1) is 5.28. The van der Waals surface area contributed by atoms with E-state index < -0.39 is 0 Å². The first-order valence-corrected chi connectivity index (χ1v) is 2.80. The van der Waals surface area contributed by atoms with Crippen molar-refractivity contribution in [2.24, 2.45) is 9.98 Å². The lowest BCUT2D eigenvalue weighted by molar-refractivity contribution is 1.01. The second-order valence-electron chi connectivity index (χ2n) is 1.86. The number of hydrogen-bond acceptors (Lipinski definition) is 4. The SMILES string of the molecule is O=c1[nH]cnc2c1=NCN=2. The Morgan fingerprint density at radius 2 is 2.40 bits per heavy atom. The van der Waals surface area contributed by atoms with Gasteiger partial charge in [0.1, 0.15) is 6.67 Å². The smallest absolute Gasteiger partial charge is 0.278 e. The van der Waals surface area contributed by atoms with Crippen molar-refractivity contribution < 1.29 is 0 Å². The average molecular weight is 136 g/mol. The van der Waals surface area contributed by atoms with Crippen LogP contribution >= 0.6 is 0 Å². The zero-order valence-corrected chi connectivity index (χ0v) is 5.03. The standard InChI is InChI=1S/C5H4N4O/c10-5-3-4(7-1-6-3)8-2-9-5/h2H,1H2,(H,7,8,9,10). The molecule has 0 bridgehead atoms. The summed E-state index contributed by atoms with van der Waals surface area (Å²) in [6.45, 7) is 0.329. The van der Waals surface area contributed by atoms with Crippen molar-refractivity contribution >= 4 is 0 Å². The van der Waals surface area contributed by atoms with Gasteiger partial charge in [-0.15, -0.1) is 0 Å². The molecular formula is C5H4N4O. The van der Waals surface area contributed by atoms with Gasteiger partial charge >= 0.3 is 0 Å². The lowest BCUT2D eigenvalue weighted by atomic mass is 10.6. The molecule has 1 N–H and O–H groups in total. The van der Waals surface area contributed by atoms with Crippen LogP contribution in [0.1, 0.15) is 0 Å². The molecule has 1 aliphatic heterocycles. The van der Waals surface area contributed by atoms with Crippen LogP contribution in [0.5, 0.6) is 0 Å². The number of nitrogens with zero attached hydrogens (tertiary/aromatic N) is 3. The Labute approximate surface area is 55.2 Å². The molecule has 10 heavy (non-hydrogen) atoms. The van der Waals surface area contributed by atoms with Crippen LogP contribution in [0, 0.1) is 0 Å². The summed E-state index contributed by atoms with van der Waals surface area (Å²) in [7, 11) is 0. The van der Waals surface area contributed by atoms with Crippen molar-refractivity contribution in [2.45, 2.75) is 0 Å². The van der Waals surface area contributed by atoms with Gasteiger partial charge in [-0.25, -0.2) is 9.98 Å². The summed E-state index contributed by atoms with van der Waals surface area (Å²) in [4.78, 5) is 24.8. The molecule has 2 heterocycles. The highest BCUT2D eigenvalue weighted by molar-refractivity contribution is 4.84. The molecule has 0 atom stereocenters. The van der Waals surface area contributed by atoms with Gasteiger partial charge in [0.05, 0.1) is 6.33 Å². The fourth-order valence-electron chi connectivity index (χ4n) is 0.814. The van der Waals surface area contributed by atoms with Crippen LogP contribution in [0.25, 0.3) is 0 Å². The number of aromatic amines is 1. The van der Waals surface area contributed by atoms with E-state index in [2.05, 4.69) is 20.0 Å². The second kappa shape index (κ2) is 1.73. The molecule has 1 aliphatic rings. The predicted molar refractivity (Wildman–Crippen MR) is 32.0 cm³/mol. The first-order valence-electron chi connectivity index (χ1n) is 2.80. The highest BCUT2D eigenvalue weighted by atomic mass is 16.1. The van der Waals surface area contributed by atoms with Crippen LogP contribution in [-0.4, -0.2) is 16.6 Å². The third-order valence-corrected chi connectivity index (χ3v) is 1.26. The minimum absolute atomic E-state index is 0.216. The van der Waals surface area contributed by atoms with E-state index in [1.807, 2.05) is 0 Å². The summed E-state index contributed by atoms with van der Waals surface area (Å²) < 4.78 is 0. The van der Waals surface area contributed by atoms with Crippen molar-refractivity contribution in [3.63, 3.8) is 0 Å². The number of aromatic nitrogens is 2. The molecule has 2 rings (SSSR count). The van der Waals surface area contributed by atoms with Crippen LogP contribution in [-0.2, 0) is 0 Å². The van der Waals surface area contributed by atoms with E-state index >= 15 is 0 Å². The summed E-state index contributed by atoms with van der Waals surface area (Å²) in [5.74, 6) is 0. The van der Waals surface area contributed by atoms with E-state index in [1.54, 1.807) is 0 Å². The predicted octanol–water partition coefficient (Wildman–Crippen LogP) is -2.02. The molecule has 0 saturated carbocycles. The van der Waals surface area contributed by atoms with Crippen LogP contribution in [0.3, 0.4) is 0 Å². The van der Waals surface area contributed by atoms with E-state index in [4.69, 9.17) is 0 Å². The molecule has 0 fully saturated rings. The number of hydrogen-bond donors (Lipinski definition) is 1. The molecule has 5 heteroatoms. The molecule has 5 nitrogen and oxygen atoms in total. The van der Waals surface area contributed by atoms with Gasteiger partial charge in [-0.05, 0) is 0 Å². The van der Waals surface area contributed by atoms with Gasteiger partial charge in [0.2, 0.25) is 0 Å². The molecule has 0 spiro atoms. The Morgan fingerprint density at radius 1 is 1.50 bits per heavy atom. The van der Waals surface area contributed by atoms with Gasteiger partial charge in [-0.2, -0.15) is 0 Å². The summed E-state index contributed by atoms with van der Waals surface area (Å²) >= 11 is 0. The lowest BCUT2D eigenvalue weighted by Crippen LogP contribution is -2.40. The zero-order valence-electron chi connectivity index (χ0n) is 5.03. The van der Waals surface area contributed by atoms with Crippen LogP contribution < -0.4 is 16.4 Å². The Balaban J connectivity index is 3.12. The van der Waals surface area contributed by atoms with Crippen LogP contribution in [0.4, 0.5) is 0 Å². The maximum atomic E-state index is 10.9. The number of rotatable bonds is 0. The quantitative estimate of drug-likeness (QED) is 0.447. The molecule has 50 valence electrons. The molecule has 0 aliphatic carbocycles. The van der Waals surface area contributed by atoms with E-state index in [-0.39, 0.29) is 5.56 Å². The highest BCUT2D eigenvalue weighted by Gasteiger charge is 1.98. The van der Waals surface area contributed by atoms with Crippen LogP contribution in [0.2, 0.25) is 0 Å². The van der Waals surface area contributed by atoms with Gasteiger partial charge in [-0.1, -0.05) is 0 Å². The fourth-order valence-corrected chi connectivity index (χ4v) is 0.814. The summed E-state index contributed by atoms with van der Waals surface area (Å²) in [6, 6.07) is 0. The monoisotopic (exact) mass is 136 g/mol. The van der Waals surface area contributed by atoms with Gasteiger partial charge in [-0.3, -0.25) is 9.79 Å². The van der Waals surface area contributed by atoms with Gasteiger partial charge in [0, 0.05) is 0 Å². The van der Waals surface area contributed by atoms with Crippen molar-refractivity contribution in [1.82, 2.24) is 9.97 Å². The Morgan fingerprint density at radius 3 is 3.20 bits per heavy atom. The van der Waals surface area contributed by atoms with Gasteiger partial charge in [0.15, 0.2) is 10.8 Å². The van der Waals surface area contributed by atoms with Gasteiger partial charge in [0.25, 0.3) is 5.56 Å². The Hall–Kier alpha value is -1.52. The summed E-state index contributed by atoms with van der Waals surface area (Å²) in [5.41, 5.74) is 0.231. The molecule has 1 aromatic rings. The zero-order chi connectivity index (χ0) is 6.97. The third kappa shape index (κ3) is 0.570. The van der Waals surface area contributed by atoms with Crippen molar-refractivity contribution in [3.8, 4) is 0 Å². The van der Waals surface area contributed by atoms with Crippen molar-refractivity contribution in [1.29, 1.82) is 0 Å². The molecule has 0 amide bonds. The largest absolute Gasteiger partial charge is 0.311 e. The molecular weight excluding hydrogens is 132 g/mol. The Kier molecular flexibility index (Phi) is 0.913. The lowest BCUT2D eigenvalue weighted by Gasteiger charge is -1.77. The van der Waals surface area contributed by atoms with Crippen LogP contribution in [0.15, 0.2) is 21.1 Å². The van der Waals surface area contributed by atoms with E-state index in [9.17, 15) is 4.79 Å². The topological polar surface area (TPSA) is 70.5 Å². The number of H-pyrrole nitrogens is 1. The first-order chi connectivity index (χ1) is 4.88. The molecule has 0 radical (unpaired) electrons. The van der Waals surface area contributed by atoms with Crippen molar-refractivity contribution in [2.75, 3.05) is 6.67 Å². The van der Waals surface area contributed by atoms with E-state index in [0.29, 0.717) is 17.5 Å². The average Bonchev–Trinajstić information content (AvgIpc) is 2.36. The van der Waals surface area contributed by atoms with E-state index in [0.717, 1.165) is 0 Å². The second-order valence-corrected chi connectivity index (χ2v) is 1.86. The summed E-state index contributed by atoms with van der Waals surface area (Å²) in [5, 5.41) is 0.350. The maximum Gasteiger partial charge on any atom is 0.278 e. The maximum absolute atomic E-state index is 10.9. The minimum Gasteiger partial charge on any atom is -0.311 e. The van der Waals surface area contributed by atoms with Gasteiger partial charge < -0.3 is 4.98 Å². The minimum atomic E-state index is -0.216. The number of fused-ring (bicyclic) bond motifs is 1. The third-order valence-electron chi connectivity index (χ3n) is 1.26. The highest BCUT2D eigenvalue weighted by Crippen LogP contribution is 1.68. The fraction of sp³-hybridized carbons (Fsp3) is 0.200. The summed E-state index contributed by atoms with van der Waals surface area (Å²) in [6.07, 6.45) is 1.32. The Bertz CT molecular complexity index is 418. The molecule has 0 saturated heterocycles. The molecule has 0 unspecified atom stereocenters. The molecule has 0 aromatic carbocycles. The van der Waals surface area contributed by atoms with E-state index in [1.165, 1.54) is 6.33 Å².